The minimum atomic E-state index is -3.27. The molecule has 23 heavy (non-hydrogen) atoms. The number of pyridine rings is 1. The molecule has 0 bridgehead atoms. The molecular weight excluding hydrogens is 318 g/mol. The molecule has 0 saturated carbocycles. The molecule has 3 rings (SSSR count). The first kappa shape index (κ1) is 15.7. The largest absolute Gasteiger partial charge is 0.463 e. The highest BCUT2D eigenvalue weighted by molar-refractivity contribution is 7.88. The second-order valence-electron chi connectivity index (χ2n) is 5.53. The van der Waals surface area contributed by atoms with E-state index in [4.69, 9.17) is 4.42 Å². The van der Waals surface area contributed by atoms with Crippen LogP contribution in [0.15, 0.2) is 41.1 Å². The average molecular weight is 335 g/mol. The zero-order valence-corrected chi connectivity index (χ0v) is 13.4. The normalized spacial score (nSPS) is 18.3. The molecule has 1 atom stereocenters. The Morgan fingerprint density at radius 2 is 2.26 bits per heavy atom. The molecule has 1 unspecified atom stereocenters. The summed E-state index contributed by atoms with van der Waals surface area (Å²) in [4.78, 5) is 18.4. The number of likely N-dealkylation sites (tertiary alicyclic amines) is 1. The van der Waals surface area contributed by atoms with E-state index in [0.29, 0.717) is 36.5 Å². The Labute approximate surface area is 134 Å². The quantitative estimate of drug-likeness (QED) is 0.903. The summed E-state index contributed by atoms with van der Waals surface area (Å²) in [6.45, 7) is 0.884. The van der Waals surface area contributed by atoms with Crippen LogP contribution < -0.4 is 4.72 Å². The van der Waals surface area contributed by atoms with E-state index in [9.17, 15) is 13.2 Å². The number of aromatic nitrogens is 1. The van der Waals surface area contributed by atoms with Crippen LogP contribution in [0.2, 0.25) is 0 Å². The monoisotopic (exact) mass is 335 g/mol. The van der Waals surface area contributed by atoms with Crippen LogP contribution in [0.3, 0.4) is 0 Å². The van der Waals surface area contributed by atoms with Gasteiger partial charge in [-0.25, -0.2) is 13.1 Å². The first-order chi connectivity index (χ1) is 10.9. The maximum atomic E-state index is 12.6. The molecule has 2 aromatic heterocycles. The number of sulfonamides is 1. The van der Waals surface area contributed by atoms with Crippen molar-refractivity contribution in [2.45, 2.75) is 12.5 Å². The third-order valence-corrected chi connectivity index (χ3v) is 4.40. The first-order valence-electron chi connectivity index (χ1n) is 7.19. The molecule has 1 amide bonds. The maximum absolute atomic E-state index is 12.6. The number of carbonyl (C=O) groups is 1. The molecule has 2 aromatic rings. The van der Waals surface area contributed by atoms with Crippen LogP contribution in [-0.4, -0.2) is 49.6 Å². The van der Waals surface area contributed by atoms with Gasteiger partial charge < -0.3 is 9.32 Å². The lowest BCUT2D eigenvalue weighted by molar-refractivity contribution is 0.0790. The van der Waals surface area contributed by atoms with Crippen molar-refractivity contribution < 1.29 is 17.6 Å². The molecule has 3 heterocycles. The van der Waals surface area contributed by atoms with Crippen molar-refractivity contribution in [1.29, 1.82) is 0 Å². The average Bonchev–Trinajstić information content (AvgIpc) is 3.16. The molecule has 1 N–H and O–H groups in total. The number of amides is 1. The van der Waals surface area contributed by atoms with Gasteiger partial charge in [-0.3, -0.25) is 9.78 Å². The third kappa shape index (κ3) is 3.77. The van der Waals surface area contributed by atoms with E-state index < -0.39 is 10.0 Å². The Morgan fingerprint density at radius 3 is 2.96 bits per heavy atom. The van der Waals surface area contributed by atoms with Crippen molar-refractivity contribution in [1.82, 2.24) is 14.6 Å². The van der Waals surface area contributed by atoms with Gasteiger partial charge in [0.15, 0.2) is 5.76 Å². The molecule has 1 aliphatic heterocycles. The number of rotatable bonds is 4. The van der Waals surface area contributed by atoms with E-state index in [0.717, 1.165) is 6.26 Å². The second-order valence-corrected chi connectivity index (χ2v) is 7.31. The summed E-state index contributed by atoms with van der Waals surface area (Å²) in [5.74, 6) is 0.454. The fraction of sp³-hybridized carbons (Fsp3) is 0.333. The van der Waals surface area contributed by atoms with Crippen molar-refractivity contribution in [2.75, 3.05) is 19.3 Å². The topological polar surface area (TPSA) is 92.5 Å². The third-order valence-electron chi connectivity index (χ3n) is 3.64. The lowest BCUT2D eigenvalue weighted by Gasteiger charge is -2.17. The van der Waals surface area contributed by atoms with Crippen molar-refractivity contribution in [3.05, 3.63) is 42.3 Å². The van der Waals surface area contributed by atoms with Crippen molar-refractivity contribution in [3.8, 4) is 11.5 Å². The number of nitrogens with zero attached hydrogens (tertiary/aromatic N) is 2. The molecule has 8 heteroatoms. The zero-order chi connectivity index (χ0) is 16.4. The van der Waals surface area contributed by atoms with Crippen LogP contribution >= 0.6 is 0 Å². The molecule has 1 aliphatic rings. The summed E-state index contributed by atoms with van der Waals surface area (Å²) in [7, 11) is -3.27. The van der Waals surface area contributed by atoms with Crippen LogP contribution in [-0.2, 0) is 10.0 Å². The zero-order valence-electron chi connectivity index (χ0n) is 12.6. The van der Waals surface area contributed by atoms with E-state index in [1.807, 2.05) is 0 Å². The molecule has 0 radical (unpaired) electrons. The Hall–Kier alpha value is -2.19. The predicted octanol–water partition coefficient (Wildman–Crippen LogP) is 1.11. The van der Waals surface area contributed by atoms with Gasteiger partial charge in [-0.05, 0) is 30.7 Å². The van der Waals surface area contributed by atoms with E-state index in [2.05, 4.69) is 9.71 Å². The van der Waals surface area contributed by atoms with Crippen molar-refractivity contribution in [2.24, 2.45) is 0 Å². The highest BCUT2D eigenvalue weighted by Gasteiger charge is 2.28. The van der Waals surface area contributed by atoms with Gasteiger partial charge in [0.2, 0.25) is 10.0 Å². The van der Waals surface area contributed by atoms with Crippen LogP contribution in [0.1, 0.15) is 16.8 Å². The van der Waals surface area contributed by atoms with Crippen LogP contribution in [0.25, 0.3) is 11.5 Å². The number of hydrogen-bond donors (Lipinski definition) is 1. The Balaban J connectivity index is 1.73. The van der Waals surface area contributed by atoms with Gasteiger partial charge in [-0.15, -0.1) is 0 Å². The Kier molecular flexibility index (Phi) is 4.18. The summed E-state index contributed by atoms with van der Waals surface area (Å²) in [5.41, 5.74) is 1.09. The summed E-state index contributed by atoms with van der Waals surface area (Å²) in [6.07, 6.45) is 4.84. The SMILES string of the molecule is CS(=O)(=O)NC1CCN(C(=O)c2ccnc(-c3ccco3)c2)C1. The summed E-state index contributed by atoms with van der Waals surface area (Å²) < 4.78 is 30.4. The second kappa shape index (κ2) is 6.13. The van der Waals surface area contributed by atoms with Gasteiger partial charge in [-0.2, -0.15) is 0 Å². The molecule has 1 saturated heterocycles. The number of furan rings is 1. The lowest BCUT2D eigenvalue weighted by Crippen LogP contribution is -2.37. The summed E-state index contributed by atoms with van der Waals surface area (Å²) >= 11 is 0. The van der Waals surface area contributed by atoms with E-state index in [1.165, 1.54) is 0 Å². The van der Waals surface area contributed by atoms with Crippen molar-refractivity contribution >= 4 is 15.9 Å². The highest BCUT2D eigenvalue weighted by atomic mass is 32.2. The van der Waals surface area contributed by atoms with Crippen molar-refractivity contribution in [3.63, 3.8) is 0 Å². The Morgan fingerprint density at radius 1 is 1.43 bits per heavy atom. The van der Waals surface area contributed by atoms with Gasteiger partial charge in [0, 0.05) is 30.9 Å². The molecular formula is C15H17N3O4S. The minimum absolute atomic E-state index is 0.141. The molecule has 0 spiro atoms. The lowest BCUT2D eigenvalue weighted by atomic mass is 10.2. The van der Waals surface area contributed by atoms with Crippen LogP contribution in [0.5, 0.6) is 0 Å². The summed E-state index contributed by atoms with van der Waals surface area (Å²) in [5, 5.41) is 0. The fourth-order valence-corrected chi connectivity index (χ4v) is 3.45. The van der Waals surface area contributed by atoms with Gasteiger partial charge in [0.1, 0.15) is 5.69 Å². The van der Waals surface area contributed by atoms with E-state index in [-0.39, 0.29) is 11.9 Å². The van der Waals surface area contributed by atoms with Crippen LogP contribution in [0.4, 0.5) is 0 Å². The maximum Gasteiger partial charge on any atom is 0.254 e. The number of nitrogens with one attached hydrogen (secondary N) is 1. The predicted molar refractivity (Wildman–Crippen MR) is 84.2 cm³/mol. The van der Waals surface area contributed by atoms with E-state index in [1.54, 1.807) is 41.6 Å². The molecule has 1 fully saturated rings. The van der Waals surface area contributed by atoms with Gasteiger partial charge in [0.25, 0.3) is 5.91 Å². The Bertz CT molecular complexity index is 802. The highest BCUT2D eigenvalue weighted by Crippen LogP contribution is 2.20. The van der Waals surface area contributed by atoms with Gasteiger partial charge in [-0.1, -0.05) is 0 Å². The van der Waals surface area contributed by atoms with Gasteiger partial charge >= 0.3 is 0 Å². The standard InChI is InChI=1S/C15H17N3O4S/c1-23(20,21)17-12-5-7-18(10-12)15(19)11-4-6-16-13(9-11)14-3-2-8-22-14/h2-4,6,8-9,12,17H,5,7,10H2,1H3. The minimum Gasteiger partial charge on any atom is -0.463 e. The number of hydrogen-bond acceptors (Lipinski definition) is 5. The van der Waals surface area contributed by atoms with E-state index >= 15 is 0 Å². The summed E-state index contributed by atoms with van der Waals surface area (Å²) in [6, 6.07) is 6.62. The van der Waals surface area contributed by atoms with Crippen LogP contribution in [0, 0.1) is 0 Å². The molecule has 0 aromatic carbocycles. The first-order valence-corrected chi connectivity index (χ1v) is 9.08. The molecule has 7 nitrogen and oxygen atoms in total. The fourth-order valence-electron chi connectivity index (χ4n) is 2.65. The van der Waals surface area contributed by atoms with Gasteiger partial charge in [0.05, 0.1) is 12.5 Å². The molecule has 122 valence electrons. The molecule has 0 aliphatic carbocycles. The number of carbonyl (C=O) groups excluding carboxylic acids is 1. The smallest absolute Gasteiger partial charge is 0.254 e.